The van der Waals surface area contributed by atoms with Crippen molar-refractivity contribution in [2.45, 2.75) is 44.2 Å². The van der Waals surface area contributed by atoms with Gasteiger partial charge in [-0.05, 0) is 43.9 Å². The van der Waals surface area contributed by atoms with Crippen LogP contribution in [0.15, 0.2) is 41.2 Å². The number of benzene rings is 1. The first kappa shape index (κ1) is 16.6. The highest BCUT2D eigenvalue weighted by Gasteiger charge is 2.32. The molecule has 138 valence electrons. The van der Waals surface area contributed by atoms with Gasteiger partial charge >= 0.3 is 0 Å². The minimum absolute atomic E-state index is 0.0100. The summed E-state index contributed by atoms with van der Waals surface area (Å²) in [6, 6.07) is 11.2. The standard InChI is InChI=1S/C20H20N4O2S/c25-18-10-9-15(13-7-8-13)22-24(18)12-14-4-3-11-23(14)20(26)19-21-16-5-1-2-6-17(16)27-19/h1-2,5-6,9-10,13-14H,3-4,7-8,11-12H2. The van der Waals surface area contributed by atoms with E-state index in [1.807, 2.05) is 35.2 Å². The zero-order chi connectivity index (χ0) is 18.4. The molecule has 27 heavy (non-hydrogen) atoms. The lowest BCUT2D eigenvalue weighted by molar-refractivity contribution is 0.0720. The number of likely N-dealkylation sites (tertiary alicyclic amines) is 1. The Morgan fingerprint density at radius 3 is 2.81 bits per heavy atom. The van der Waals surface area contributed by atoms with Crippen molar-refractivity contribution in [2.24, 2.45) is 0 Å². The number of thiazole rings is 1. The van der Waals surface area contributed by atoms with Crippen LogP contribution in [0.1, 0.15) is 47.1 Å². The van der Waals surface area contributed by atoms with E-state index in [2.05, 4.69) is 10.1 Å². The van der Waals surface area contributed by atoms with E-state index in [9.17, 15) is 9.59 Å². The fourth-order valence-corrected chi connectivity index (χ4v) is 4.69. The molecule has 0 radical (unpaired) electrons. The molecule has 0 spiro atoms. The monoisotopic (exact) mass is 380 g/mol. The van der Waals surface area contributed by atoms with Gasteiger partial charge in [-0.25, -0.2) is 9.67 Å². The van der Waals surface area contributed by atoms with Gasteiger partial charge in [-0.3, -0.25) is 9.59 Å². The number of carbonyl (C=O) groups is 1. The van der Waals surface area contributed by atoms with E-state index in [0.29, 0.717) is 24.0 Å². The molecule has 6 nitrogen and oxygen atoms in total. The molecule has 1 saturated heterocycles. The Bertz CT molecular complexity index is 1040. The summed E-state index contributed by atoms with van der Waals surface area (Å²) in [5.74, 6) is 0.464. The summed E-state index contributed by atoms with van der Waals surface area (Å²) in [5, 5.41) is 5.08. The molecule has 1 amide bonds. The molecule has 7 heteroatoms. The van der Waals surface area contributed by atoms with Gasteiger partial charge in [-0.2, -0.15) is 5.10 Å². The molecular formula is C20H20N4O2S. The summed E-state index contributed by atoms with van der Waals surface area (Å²) >= 11 is 1.43. The molecule has 1 aliphatic heterocycles. The number of fused-ring (bicyclic) bond motifs is 1. The van der Waals surface area contributed by atoms with Crippen LogP contribution in [-0.4, -0.2) is 38.2 Å². The quantitative estimate of drug-likeness (QED) is 0.698. The smallest absolute Gasteiger partial charge is 0.283 e. The number of nitrogens with zero attached hydrogens (tertiary/aromatic N) is 4. The maximum absolute atomic E-state index is 13.1. The summed E-state index contributed by atoms with van der Waals surface area (Å²) in [7, 11) is 0. The lowest BCUT2D eigenvalue weighted by Crippen LogP contribution is -2.40. The Hall–Kier alpha value is -2.54. The normalized spacial score (nSPS) is 19.7. The first-order valence-corrected chi connectivity index (χ1v) is 10.3. The minimum atomic E-state index is -0.0984. The average molecular weight is 380 g/mol. The molecule has 3 heterocycles. The fraction of sp³-hybridized carbons (Fsp3) is 0.400. The van der Waals surface area contributed by atoms with Gasteiger partial charge in [0.25, 0.3) is 11.5 Å². The molecule has 1 saturated carbocycles. The third-order valence-corrected chi connectivity index (χ3v) is 6.41. The Morgan fingerprint density at radius 1 is 1.15 bits per heavy atom. The van der Waals surface area contributed by atoms with Crippen LogP contribution in [0.5, 0.6) is 0 Å². The van der Waals surface area contributed by atoms with Crippen molar-refractivity contribution in [3.8, 4) is 0 Å². The Kier molecular flexibility index (Phi) is 4.04. The van der Waals surface area contributed by atoms with Crippen LogP contribution in [0.25, 0.3) is 10.2 Å². The van der Waals surface area contributed by atoms with Crippen molar-refractivity contribution >= 4 is 27.5 Å². The second-order valence-electron chi connectivity index (χ2n) is 7.33. The van der Waals surface area contributed by atoms with Crippen LogP contribution in [-0.2, 0) is 6.54 Å². The molecule has 3 aromatic rings. The zero-order valence-corrected chi connectivity index (χ0v) is 15.7. The molecule has 1 unspecified atom stereocenters. The minimum Gasteiger partial charge on any atom is -0.332 e. The van der Waals surface area contributed by atoms with E-state index in [-0.39, 0.29) is 17.5 Å². The van der Waals surface area contributed by atoms with E-state index in [4.69, 9.17) is 0 Å². The lowest BCUT2D eigenvalue weighted by Gasteiger charge is -2.24. The average Bonchev–Trinajstić information content (AvgIpc) is 3.27. The van der Waals surface area contributed by atoms with E-state index >= 15 is 0 Å². The summed E-state index contributed by atoms with van der Waals surface area (Å²) in [5.41, 5.74) is 1.76. The third-order valence-electron chi connectivity index (χ3n) is 5.38. The largest absolute Gasteiger partial charge is 0.332 e. The van der Waals surface area contributed by atoms with Crippen LogP contribution in [0.4, 0.5) is 0 Å². The van der Waals surface area contributed by atoms with E-state index in [0.717, 1.165) is 41.6 Å². The van der Waals surface area contributed by atoms with Gasteiger partial charge in [-0.15, -0.1) is 11.3 Å². The Balaban J connectivity index is 1.39. The third kappa shape index (κ3) is 3.16. The van der Waals surface area contributed by atoms with Gasteiger partial charge in [-0.1, -0.05) is 12.1 Å². The molecule has 2 aromatic heterocycles. The van der Waals surface area contributed by atoms with Gasteiger partial charge in [0.05, 0.1) is 28.5 Å². The highest BCUT2D eigenvalue weighted by molar-refractivity contribution is 7.20. The van der Waals surface area contributed by atoms with E-state index in [1.165, 1.54) is 11.3 Å². The van der Waals surface area contributed by atoms with Gasteiger partial charge < -0.3 is 4.90 Å². The summed E-state index contributed by atoms with van der Waals surface area (Å²) in [4.78, 5) is 31.7. The topological polar surface area (TPSA) is 68.1 Å². The summed E-state index contributed by atoms with van der Waals surface area (Å²) in [6.07, 6.45) is 4.13. The van der Waals surface area contributed by atoms with Gasteiger partial charge in [0.15, 0.2) is 5.01 Å². The highest BCUT2D eigenvalue weighted by Crippen LogP contribution is 2.38. The SMILES string of the molecule is O=C(c1nc2ccccc2s1)N1CCCC1Cn1nc(C2CC2)ccc1=O. The van der Waals surface area contributed by atoms with Gasteiger partial charge in [0.2, 0.25) is 0 Å². The van der Waals surface area contributed by atoms with Crippen molar-refractivity contribution < 1.29 is 4.79 Å². The molecule has 2 aliphatic rings. The maximum atomic E-state index is 13.1. The number of para-hydroxylation sites is 1. The number of rotatable bonds is 4. The first-order chi connectivity index (χ1) is 13.2. The molecule has 1 atom stereocenters. The summed E-state index contributed by atoms with van der Waals surface area (Å²) < 4.78 is 2.56. The number of aromatic nitrogens is 3. The lowest BCUT2D eigenvalue weighted by atomic mass is 10.2. The number of hydrogen-bond acceptors (Lipinski definition) is 5. The first-order valence-electron chi connectivity index (χ1n) is 9.43. The predicted molar refractivity (Wildman–Crippen MR) is 104 cm³/mol. The van der Waals surface area contributed by atoms with Crippen molar-refractivity contribution in [1.82, 2.24) is 19.7 Å². The number of hydrogen-bond donors (Lipinski definition) is 0. The zero-order valence-electron chi connectivity index (χ0n) is 14.9. The Morgan fingerprint density at radius 2 is 2.00 bits per heavy atom. The van der Waals surface area contributed by atoms with Crippen molar-refractivity contribution in [2.75, 3.05) is 6.54 Å². The fourth-order valence-electron chi connectivity index (χ4n) is 3.77. The van der Waals surface area contributed by atoms with Crippen molar-refractivity contribution in [3.63, 3.8) is 0 Å². The Labute approximate surface area is 160 Å². The molecule has 5 rings (SSSR count). The highest BCUT2D eigenvalue weighted by atomic mass is 32.1. The van der Waals surface area contributed by atoms with Crippen molar-refractivity contribution in [3.05, 3.63) is 57.5 Å². The van der Waals surface area contributed by atoms with Crippen molar-refractivity contribution in [1.29, 1.82) is 0 Å². The summed E-state index contributed by atoms with van der Waals surface area (Å²) in [6.45, 7) is 1.16. The molecule has 0 N–H and O–H groups in total. The van der Waals surface area contributed by atoms with E-state index < -0.39 is 0 Å². The second kappa shape index (κ2) is 6.56. The number of amides is 1. The van der Waals surface area contributed by atoms with Gasteiger partial charge in [0.1, 0.15) is 0 Å². The van der Waals surface area contributed by atoms with Crippen LogP contribution in [0.3, 0.4) is 0 Å². The van der Waals surface area contributed by atoms with E-state index in [1.54, 1.807) is 10.7 Å². The molecule has 1 aliphatic carbocycles. The molecule has 2 fully saturated rings. The van der Waals surface area contributed by atoms with Crippen LogP contribution in [0.2, 0.25) is 0 Å². The number of carbonyl (C=O) groups excluding carboxylic acids is 1. The van der Waals surface area contributed by atoms with Crippen LogP contribution >= 0.6 is 11.3 Å². The van der Waals surface area contributed by atoms with Crippen LogP contribution < -0.4 is 5.56 Å². The predicted octanol–water partition coefficient (Wildman–Crippen LogP) is 3.04. The van der Waals surface area contributed by atoms with Crippen LogP contribution in [0, 0.1) is 0 Å². The second-order valence-corrected chi connectivity index (χ2v) is 8.36. The van der Waals surface area contributed by atoms with Gasteiger partial charge in [0, 0.05) is 18.5 Å². The molecular weight excluding hydrogens is 360 g/mol. The maximum Gasteiger partial charge on any atom is 0.283 e. The molecule has 0 bridgehead atoms. The molecule has 1 aromatic carbocycles.